The van der Waals surface area contributed by atoms with Crippen LogP contribution in [0.3, 0.4) is 0 Å². The average Bonchev–Trinajstić information content (AvgIpc) is 2.99. The molecule has 0 spiro atoms. The third-order valence-corrected chi connectivity index (χ3v) is 4.50. The van der Waals surface area contributed by atoms with Gasteiger partial charge in [-0.15, -0.1) is 0 Å². The number of hydrogen-bond donors (Lipinski definition) is 1. The highest BCUT2D eigenvalue weighted by Crippen LogP contribution is 2.35. The summed E-state index contributed by atoms with van der Waals surface area (Å²) < 4.78 is 37.5. The Morgan fingerprint density at radius 1 is 1.37 bits per heavy atom. The Morgan fingerprint density at radius 2 is 2.16 bits per heavy atom. The summed E-state index contributed by atoms with van der Waals surface area (Å²) in [6.45, 7) is 0.291. The van der Waals surface area contributed by atoms with Crippen LogP contribution in [-0.4, -0.2) is 42.2 Å². The average molecular weight is 274 g/mol. The molecule has 3 aliphatic rings. The van der Waals surface area contributed by atoms with E-state index in [1.165, 1.54) is 0 Å². The predicted molar refractivity (Wildman–Crippen MR) is 63.4 cm³/mol. The van der Waals surface area contributed by atoms with Crippen LogP contribution in [0, 0.1) is 5.92 Å². The van der Waals surface area contributed by atoms with Crippen molar-refractivity contribution in [1.29, 1.82) is 0 Å². The maximum absolute atomic E-state index is 12.5. The van der Waals surface area contributed by atoms with Crippen LogP contribution < -0.4 is 5.32 Å². The zero-order valence-corrected chi connectivity index (χ0v) is 10.5. The second kappa shape index (κ2) is 4.51. The highest BCUT2D eigenvalue weighted by molar-refractivity contribution is 5.80. The van der Waals surface area contributed by atoms with Gasteiger partial charge in [0.1, 0.15) is 0 Å². The third-order valence-electron chi connectivity index (χ3n) is 4.50. The number of alkyl halides is 3. The second-order valence-corrected chi connectivity index (χ2v) is 5.65. The molecule has 6 heteroatoms. The Hall–Kier alpha value is -1.04. The van der Waals surface area contributed by atoms with E-state index >= 15 is 0 Å². The van der Waals surface area contributed by atoms with Crippen LogP contribution in [0.1, 0.15) is 25.7 Å². The minimum absolute atomic E-state index is 0.0252. The minimum Gasteiger partial charge on any atom is -0.338 e. The van der Waals surface area contributed by atoms with Crippen LogP contribution in [0.5, 0.6) is 0 Å². The van der Waals surface area contributed by atoms with Gasteiger partial charge < -0.3 is 10.2 Å². The first-order chi connectivity index (χ1) is 8.95. The fourth-order valence-corrected chi connectivity index (χ4v) is 3.46. The number of hydrogen-bond acceptors (Lipinski definition) is 2. The van der Waals surface area contributed by atoms with Crippen molar-refractivity contribution in [3.8, 4) is 0 Å². The van der Waals surface area contributed by atoms with Gasteiger partial charge in [0.25, 0.3) is 0 Å². The van der Waals surface area contributed by atoms with Crippen LogP contribution in [0.25, 0.3) is 0 Å². The molecule has 2 bridgehead atoms. The molecule has 0 aliphatic carbocycles. The van der Waals surface area contributed by atoms with Crippen molar-refractivity contribution in [3.05, 3.63) is 11.6 Å². The summed E-state index contributed by atoms with van der Waals surface area (Å²) in [5.41, 5.74) is -0.498. The van der Waals surface area contributed by atoms with E-state index in [1.807, 2.05) is 0 Å². The van der Waals surface area contributed by atoms with Crippen molar-refractivity contribution in [2.45, 2.75) is 43.9 Å². The molecule has 0 radical (unpaired) electrons. The highest BCUT2D eigenvalue weighted by atomic mass is 19.4. The quantitative estimate of drug-likeness (QED) is 0.740. The first kappa shape index (κ1) is 13.0. The third kappa shape index (κ3) is 2.38. The van der Waals surface area contributed by atoms with Gasteiger partial charge in [0, 0.05) is 30.7 Å². The summed E-state index contributed by atoms with van der Waals surface area (Å²) >= 11 is 0. The Balaban J connectivity index is 1.63. The van der Waals surface area contributed by atoms with Gasteiger partial charge in [0.15, 0.2) is 0 Å². The fraction of sp³-hybridized carbons (Fsp3) is 0.769. The fourth-order valence-electron chi connectivity index (χ4n) is 3.46. The van der Waals surface area contributed by atoms with Crippen molar-refractivity contribution in [3.63, 3.8) is 0 Å². The molecule has 0 aromatic carbocycles. The molecule has 1 amide bonds. The summed E-state index contributed by atoms with van der Waals surface area (Å²) in [6, 6.07) is 0.676. The Bertz CT molecular complexity index is 419. The summed E-state index contributed by atoms with van der Waals surface area (Å²) in [5.74, 6) is -0.00300. The predicted octanol–water partition coefficient (Wildman–Crippen LogP) is 1.85. The van der Waals surface area contributed by atoms with Crippen LogP contribution in [-0.2, 0) is 4.79 Å². The zero-order chi connectivity index (χ0) is 13.6. The molecular weight excluding hydrogens is 257 g/mol. The maximum Gasteiger partial charge on any atom is 0.412 e. The summed E-state index contributed by atoms with van der Waals surface area (Å²) in [6.07, 6.45) is -0.199. The zero-order valence-electron chi connectivity index (χ0n) is 10.5. The van der Waals surface area contributed by atoms with E-state index in [0.29, 0.717) is 6.04 Å². The van der Waals surface area contributed by atoms with E-state index in [1.54, 1.807) is 4.90 Å². The number of carbonyl (C=O) groups is 1. The van der Waals surface area contributed by atoms with E-state index in [4.69, 9.17) is 0 Å². The molecule has 3 rings (SSSR count). The van der Waals surface area contributed by atoms with Gasteiger partial charge in [-0.25, -0.2) is 0 Å². The van der Waals surface area contributed by atoms with E-state index in [0.717, 1.165) is 25.3 Å². The lowest BCUT2D eigenvalue weighted by atomic mass is 9.88. The summed E-state index contributed by atoms with van der Waals surface area (Å²) in [5, 5.41) is 3.39. The van der Waals surface area contributed by atoms with Crippen molar-refractivity contribution in [2.24, 2.45) is 5.92 Å². The molecule has 2 fully saturated rings. The molecule has 19 heavy (non-hydrogen) atoms. The molecule has 0 saturated carbocycles. The largest absolute Gasteiger partial charge is 0.412 e. The molecule has 1 N–H and O–H groups in total. The van der Waals surface area contributed by atoms with Crippen molar-refractivity contribution in [2.75, 3.05) is 13.1 Å². The molecule has 3 aliphatic heterocycles. The Labute approximate surface area is 109 Å². The number of fused-ring (bicyclic) bond motifs is 2. The van der Waals surface area contributed by atoms with Gasteiger partial charge in [-0.2, -0.15) is 13.2 Å². The first-order valence-electron chi connectivity index (χ1n) is 6.76. The minimum atomic E-state index is -4.25. The Morgan fingerprint density at radius 3 is 2.63 bits per heavy atom. The van der Waals surface area contributed by atoms with E-state index in [-0.39, 0.29) is 37.4 Å². The van der Waals surface area contributed by atoms with Gasteiger partial charge in [-0.05, 0) is 25.7 Å². The van der Waals surface area contributed by atoms with Gasteiger partial charge in [-0.1, -0.05) is 6.08 Å². The van der Waals surface area contributed by atoms with E-state index in [2.05, 4.69) is 5.32 Å². The molecule has 2 saturated heterocycles. The van der Waals surface area contributed by atoms with Gasteiger partial charge in [-0.3, -0.25) is 4.79 Å². The topological polar surface area (TPSA) is 32.3 Å². The van der Waals surface area contributed by atoms with Crippen molar-refractivity contribution in [1.82, 2.24) is 10.2 Å². The van der Waals surface area contributed by atoms with Crippen LogP contribution in [0.2, 0.25) is 0 Å². The van der Waals surface area contributed by atoms with Gasteiger partial charge in [0.2, 0.25) is 5.91 Å². The van der Waals surface area contributed by atoms with E-state index in [9.17, 15) is 18.0 Å². The number of nitrogens with zero attached hydrogens (tertiary/aromatic N) is 1. The number of carbonyl (C=O) groups excluding carboxylic acids is 1. The van der Waals surface area contributed by atoms with E-state index < -0.39 is 11.7 Å². The normalized spacial score (nSPS) is 34.6. The maximum atomic E-state index is 12.5. The monoisotopic (exact) mass is 274 g/mol. The van der Waals surface area contributed by atoms with Crippen LogP contribution in [0.15, 0.2) is 11.6 Å². The highest BCUT2D eigenvalue weighted by Gasteiger charge is 2.44. The van der Waals surface area contributed by atoms with Gasteiger partial charge >= 0.3 is 6.18 Å². The summed E-state index contributed by atoms with van der Waals surface area (Å²) in [4.78, 5) is 13.9. The molecule has 3 unspecified atom stereocenters. The van der Waals surface area contributed by atoms with Crippen molar-refractivity contribution < 1.29 is 18.0 Å². The lowest BCUT2D eigenvalue weighted by Gasteiger charge is -2.31. The molecule has 106 valence electrons. The molecule has 3 heterocycles. The molecule has 0 aromatic rings. The first-order valence-corrected chi connectivity index (χ1v) is 6.76. The second-order valence-electron chi connectivity index (χ2n) is 5.65. The number of rotatable bonds is 1. The molecular formula is C13H17F3N2O. The standard InChI is InChI=1S/C13H17F3N2O/c14-13(15,16)8-3-5-18(6-4-8)12(19)10-7-9-1-2-11(10)17-9/h3,9-11,17H,1-2,4-7H2. The molecule has 3 atom stereocenters. The van der Waals surface area contributed by atoms with Crippen molar-refractivity contribution >= 4 is 5.91 Å². The number of amides is 1. The summed E-state index contributed by atoms with van der Waals surface area (Å²) in [7, 11) is 0. The molecule has 0 aromatic heterocycles. The van der Waals surface area contributed by atoms with Gasteiger partial charge in [0.05, 0.1) is 5.92 Å². The SMILES string of the molecule is O=C(C1CC2CCC1N2)N1CC=C(C(F)(F)F)CC1. The smallest absolute Gasteiger partial charge is 0.338 e. The van der Waals surface area contributed by atoms with Crippen LogP contribution in [0.4, 0.5) is 13.2 Å². The number of nitrogens with one attached hydrogen (secondary N) is 1. The lowest BCUT2D eigenvalue weighted by molar-refractivity contribution is -0.137. The molecule has 3 nitrogen and oxygen atoms in total. The van der Waals surface area contributed by atoms with Crippen LogP contribution >= 0.6 is 0 Å². The lowest BCUT2D eigenvalue weighted by Crippen LogP contribution is -2.43. The Kier molecular flexibility index (Phi) is 3.08. The number of halogens is 3.